The summed E-state index contributed by atoms with van der Waals surface area (Å²) < 4.78 is 85.1. The summed E-state index contributed by atoms with van der Waals surface area (Å²) in [5, 5.41) is 11.0. The summed E-state index contributed by atoms with van der Waals surface area (Å²) >= 11 is 0. The lowest BCUT2D eigenvalue weighted by atomic mass is 9.93. The monoisotopic (exact) mass is 762 g/mol. The minimum Gasteiger partial charge on any atom is -0.494 e. The van der Waals surface area contributed by atoms with Crippen molar-refractivity contribution in [1.82, 2.24) is 9.88 Å². The van der Waals surface area contributed by atoms with Gasteiger partial charge in [-0.05, 0) is 86.7 Å². The first-order valence-corrected chi connectivity index (χ1v) is 17.8. The molecule has 1 saturated heterocycles. The van der Waals surface area contributed by atoms with Crippen LogP contribution in [0.25, 0.3) is 10.8 Å². The molecule has 2 heterocycles. The molecule has 3 aromatic carbocycles. The lowest BCUT2D eigenvalue weighted by Crippen LogP contribution is -2.40. The van der Waals surface area contributed by atoms with Gasteiger partial charge in [-0.1, -0.05) is 18.2 Å². The summed E-state index contributed by atoms with van der Waals surface area (Å²) in [6.07, 6.45) is -3.30. The number of likely N-dealkylation sites (tertiary alicyclic amines) is 1. The van der Waals surface area contributed by atoms with Gasteiger partial charge in [0.1, 0.15) is 23.4 Å². The summed E-state index contributed by atoms with van der Waals surface area (Å²) in [7, 11) is -2.56. The van der Waals surface area contributed by atoms with Crippen LogP contribution in [-0.4, -0.2) is 72.9 Å². The molecule has 0 saturated carbocycles. The number of anilines is 2. The zero-order valence-corrected chi connectivity index (χ0v) is 29.9. The maximum atomic E-state index is 15.7. The number of aliphatic carboxylic acids is 1. The molecular weight excluding hydrogens is 724 g/mol. The summed E-state index contributed by atoms with van der Waals surface area (Å²) in [5.74, 6) is -4.68. The molecular formula is C36H38F4N4O8S. The van der Waals surface area contributed by atoms with Crippen LogP contribution in [0.4, 0.5) is 29.1 Å². The number of nitrogen functional groups attached to an aromatic ring is 1. The molecule has 17 heteroatoms. The van der Waals surface area contributed by atoms with Crippen molar-refractivity contribution in [2.24, 2.45) is 5.92 Å². The van der Waals surface area contributed by atoms with E-state index in [-0.39, 0.29) is 23.4 Å². The number of benzene rings is 3. The fourth-order valence-corrected chi connectivity index (χ4v) is 7.25. The number of nitrogens with one attached hydrogen (secondary N) is 1. The number of nitrogens with zero attached hydrogens (tertiary/aromatic N) is 2. The predicted molar refractivity (Wildman–Crippen MR) is 187 cm³/mol. The molecule has 0 bridgehead atoms. The number of carboxylic acids is 1. The van der Waals surface area contributed by atoms with Crippen LogP contribution in [0.2, 0.25) is 0 Å². The van der Waals surface area contributed by atoms with E-state index in [0.29, 0.717) is 34.8 Å². The highest BCUT2D eigenvalue weighted by Crippen LogP contribution is 2.43. The first-order chi connectivity index (χ1) is 24.9. The van der Waals surface area contributed by atoms with E-state index in [1.54, 1.807) is 69.4 Å². The molecule has 0 unspecified atom stereocenters. The zero-order valence-electron chi connectivity index (χ0n) is 29.1. The lowest BCUT2D eigenvalue weighted by molar-refractivity contribution is -0.192. The summed E-state index contributed by atoms with van der Waals surface area (Å²) in [6, 6.07) is 15.3. The number of carbonyl (C=O) groups excluding carboxylic acids is 2. The van der Waals surface area contributed by atoms with Gasteiger partial charge in [0, 0.05) is 29.4 Å². The molecule has 1 fully saturated rings. The number of pyridine rings is 1. The molecule has 1 aliphatic rings. The third-order valence-electron chi connectivity index (χ3n) is 8.53. The molecule has 12 nitrogen and oxygen atoms in total. The molecule has 3 atom stereocenters. The standard InChI is InChI=1S/C34H37FN4O6S.C2HF3O2/c1-5-45-23-11-13-28(35)27(19-23)30(38-22-10-12-24-21(18-22)14-16-37-32(24)36)33(40)39-17-15-26(34(41)44-4)31(39)25-8-6-7-9-29(25)46(42,43)20(2)3;3-2(4,5)1(6)7/h6-14,16,18-20,26,30-31,38H,5,15,17H2,1-4H3,(H2,36,37);(H,6,7)/t26-,30+,31-;/m0./s1. The van der Waals surface area contributed by atoms with Crippen molar-refractivity contribution in [3.8, 4) is 5.75 Å². The van der Waals surface area contributed by atoms with Gasteiger partial charge in [-0.25, -0.2) is 22.6 Å². The van der Waals surface area contributed by atoms with Gasteiger partial charge in [0.2, 0.25) is 5.91 Å². The van der Waals surface area contributed by atoms with Crippen LogP contribution in [0.1, 0.15) is 50.4 Å². The third kappa shape index (κ3) is 8.96. The number of methoxy groups -OCH3 is 1. The normalized spacial score (nSPS) is 16.4. The van der Waals surface area contributed by atoms with Crippen LogP contribution < -0.4 is 15.8 Å². The van der Waals surface area contributed by atoms with Gasteiger partial charge in [-0.3, -0.25) is 9.59 Å². The van der Waals surface area contributed by atoms with Gasteiger partial charge < -0.3 is 30.5 Å². The smallest absolute Gasteiger partial charge is 0.490 e. The molecule has 4 aromatic rings. The van der Waals surface area contributed by atoms with Gasteiger partial charge in [-0.15, -0.1) is 0 Å². The van der Waals surface area contributed by atoms with Crippen molar-refractivity contribution in [3.05, 3.63) is 89.9 Å². The summed E-state index contributed by atoms with van der Waals surface area (Å²) in [4.78, 5) is 42.3. The number of halogens is 4. The molecule has 1 aliphatic heterocycles. The highest BCUT2D eigenvalue weighted by molar-refractivity contribution is 7.92. The van der Waals surface area contributed by atoms with E-state index in [0.717, 1.165) is 5.39 Å². The molecule has 53 heavy (non-hydrogen) atoms. The fourth-order valence-electron chi connectivity index (χ4n) is 5.96. The Kier molecular flexibility index (Phi) is 12.5. The highest BCUT2D eigenvalue weighted by Gasteiger charge is 2.47. The Morgan fingerprint density at radius 3 is 2.38 bits per heavy atom. The largest absolute Gasteiger partial charge is 0.494 e. The van der Waals surface area contributed by atoms with Crippen molar-refractivity contribution in [2.75, 3.05) is 31.3 Å². The van der Waals surface area contributed by atoms with Crippen LogP contribution in [0.5, 0.6) is 5.75 Å². The second-order valence-corrected chi connectivity index (χ2v) is 14.6. The van der Waals surface area contributed by atoms with Crippen molar-refractivity contribution >= 4 is 50.0 Å². The number of carboxylic acid groups (broad SMARTS) is 1. The number of nitrogens with two attached hydrogens (primary N) is 1. The maximum Gasteiger partial charge on any atom is 0.490 e. The number of ether oxygens (including phenoxy) is 2. The van der Waals surface area contributed by atoms with E-state index in [1.165, 1.54) is 36.3 Å². The minimum atomic E-state index is -5.08. The van der Waals surface area contributed by atoms with Gasteiger partial charge in [0.25, 0.3) is 0 Å². The fraction of sp³-hybridized carbons (Fsp3) is 0.333. The highest BCUT2D eigenvalue weighted by atomic mass is 32.2. The Bertz CT molecular complexity index is 2100. The Balaban J connectivity index is 0.000000815. The topological polar surface area (TPSA) is 178 Å². The molecule has 0 aliphatic carbocycles. The van der Waals surface area contributed by atoms with Crippen LogP contribution in [0.15, 0.2) is 77.8 Å². The first-order valence-electron chi connectivity index (χ1n) is 16.3. The van der Waals surface area contributed by atoms with Gasteiger partial charge in [0.05, 0.1) is 35.8 Å². The van der Waals surface area contributed by atoms with Crippen LogP contribution in [0.3, 0.4) is 0 Å². The molecule has 284 valence electrons. The average Bonchev–Trinajstić information content (AvgIpc) is 3.56. The van der Waals surface area contributed by atoms with E-state index in [9.17, 15) is 31.2 Å². The number of amides is 1. The van der Waals surface area contributed by atoms with E-state index in [2.05, 4.69) is 10.3 Å². The summed E-state index contributed by atoms with van der Waals surface area (Å²) in [6.45, 7) is 5.37. The summed E-state index contributed by atoms with van der Waals surface area (Å²) in [5.41, 5.74) is 6.86. The van der Waals surface area contributed by atoms with Crippen LogP contribution in [-0.2, 0) is 29.0 Å². The van der Waals surface area contributed by atoms with Gasteiger partial charge in [0.15, 0.2) is 9.84 Å². The molecule has 1 aromatic heterocycles. The minimum absolute atomic E-state index is 0.0219. The van der Waals surface area contributed by atoms with E-state index in [4.69, 9.17) is 25.1 Å². The van der Waals surface area contributed by atoms with E-state index < -0.39 is 62.9 Å². The quantitative estimate of drug-likeness (QED) is 0.126. The van der Waals surface area contributed by atoms with Crippen molar-refractivity contribution in [1.29, 1.82) is 0 Å². The third-order valence-corrected chi connectivity index (χ3v) is 10.8. The van der Waals surface area contributed by atoms with Crippen molar-refractivity contribution in [3.63, 3.8) is 0 Å². The second-order valence-electron chi connectivity index (χ2n) is 12.2. The lowest BCUT2D eigenvalue weighted by Gasteiger charge is -2.33. The SMILES string of the molecule is CCOc1ccc(F)c([C@@H](Nc2ccc3c(N)nccc3c2)C(=O)N2CC[C@H](C(=O)OC)[C@@H]2c2ccccc2S(=O)(=O)C(C)C)c1.O=C(O)C(F)(F)F. The second kappa shape index (κ2) is 16.5. The predicted octanol–water partition coefficient (Wildman–Crippen LogP) is 6.09. The Morgan fingerprint density at radius 2 is 1.75 bits per heavy atom. The Labute approximate surface area is 302 Å². The van der Waals surface area contributed by atoms with Crippen molar-refractivity contribution in [2.45, 2.75) is 55.6 Å². The molecule has 0 radical (unpaired) electrons. The molecule has 4 N–H and O–H groups in total. The number of esters is 1. The maximum absolute atomic E-state index is 15.7. The van der Waals surface area contributed by atoms with Crippen LogP contribution >= 0.6 is 0 Å². The first kappa shape index (κ1) is 40.3. The molecule has 1 amide bonds. The number of hydrogen-bond acceptors (Lipinski definition) is 10. The zero-order chi connectivity index (χ0) is 39.2. The number of sulfone groups is 1. The number of carbonyl (C=O) groups is 3. The number of rotatable bonds is 10. The molecule has 5 rings (SSSR count). The van der Waals surface area contributed by atoms with Gasteiger partial charge in [-0.2, -0.15) is 13.2 Å². The van der Waals surface area contributed by atoms with E-state index >= 15 is 4.39 Å². The van der Waals surface area contributed by atoms with E-state index in [1.807, 2.05) is 0 Å². The molecule has 0 spiro atoms. The number of hydrogen-bond donors (Lipinski definition) is 3. The number of aromatic nitrogens is 1. The number of fused-ring (bicyclic) bond motifs is 1. The number of alkyl halides is 3. The van der Waals surface area contributed by atoms with Gasteiger partial charge >= 0.3 is 18.1 Å². The Morgan fingerprint density at radius 1 is 1.08 bits per heavy atom. The van der Waals surface area contributed by atoms with Crippen molar-refractivity contribution < 1.29 is 54.9 Å². The van der Waals surface area contributed by atoms with Crippen LogP contribution in [0, 0.1) is 11.7 Å². The Hall–Kier alpha value is -5.45. The average molecular weight is 763 g/mol.